The van der Waals surface area contributed by atoms with E-state index >= 15 is 0 Å². The maximum Gasteiger partial charge on any atom is 0.267 e. The van der Waals surface area contributed by atoms with Gasteiger partial charge in [-0.15, -0.1) is 6.58 Å². The first-order valence-corrected chi connectivity index (χ1v) is 4.59. The highest BCUT2D eigenvalue weighted by Gasteiger charge is 2.05. The zero-order chi connectivity index (χ0) is 8.04. The number of hydrogen-bond donors (Lipinski definition) is 0. The summed E-state index contributed by atoms with van der Waals surface area (Å²) >= 11 is 0. The highest BCUT2D eigenvalue weighted by molar-refractivity contribution is 7.86. The molecule has 0 aliphatic heterocycles. The van der Waals surface area contributed by atoms with Gasteiger partial charge >= 0.3 is 0 Å². The topological polar surface area (TPSA) is 43.4 Å². The molecule has 0 amide bonds. The summed E-state index contributed by atoms with van der Waals surface area (Å²) in [6.45, 7) is 3.47. The summed E-state index contributed by atoms with van der Waals surface area (Å²) in [6, 6.07) is 0. The van der Waals surface area contributed by atoms with E-state index in [1.54, 1.807) is 6.08 Å². The molecular formula is C6H12O3S. The fourth-order valence-electron chi connectivity index (χ4n) is 0.488. The van der Waals surface area contributed by atoms with Gasteiger partial charge in [-0.2, -0.15) is 8.42 Å². The Kier molecular flexibility index (Phi) is 4.31. The minimum Gasteiger partial charge on any atom is -0.273 e. The Bertz CT molecular complexity index is 181. The van der Waals surface area contributed by atoms with Crippen LogP contribution < -0.4 is 0 Å². The molecule has 0 N–H and O–H groups in total. The molecule has 0 unspecified atom stereocenters. The summed E-state index contributed by atoms with van der Waals surface area (Å²) < 4.78 is 25.5. The molecule has 0 saturated heterocycles. The Labute approximate surface area is 61.8 Å². The number of allylic oxidation sites excluding steroid dienone is 1. The minimum absolute atomic E-state index is 0.0789. The van der Waals surface area contributed by atoms with Gasteiger partial charge in [-0.05, 0) is 12.8 Å². The lowest BCUT2D eigenvalue weighted by Gasteiger charge is -1.97. The van der Waals surface area contributed by atoms with Crippen LogP contribution in [0.2, 0.25) is 0 Å². The molecular weight excluding hydrogens is 152 g/mol. The third-order valence-corrected chi connectivity index (χ3v) is 2.35. The van der Waals surface area contributed by atoms with E-state index in [4.69, 9.17) is 0 Å². The van der Waals surface area contributed by atoms with Crippen molar-refractivity contribution in [2.24, 2.45) is 0 Å². The number of hydrogen-bond acceptors (Lipinski definition) is 3. The van der Waals surface area contributed by atoms with Crippen LogP contribution in [0.3, 0.4) is 0 Å². The van der Waals surface area contributed by atoms with Crippen molar-refractivity contribution in [1.82, 2.24) is 0 Å². The maximum absolute atomic E-state index is 10.6. The molecule has 0 heterocycles. The van der Waals surface area contributed by atoms with Crippen LogP contribution in [0.4, 0.5) is 0 Å². The Morgan fingerprint density at radius 3 is 2.60 bits per heavy atom. The van der Waals surface area contributed by atoms with Crippen molar-refractivity contribution in [3.05, 3.63) is 12.7 Å². The van der Waals surface area contributed by atoms with Gasteiger partial charge in [0.1, 0.15) is 0 Å². The zero-order valence-electron chi connectivity index (χ0n) is 6.04. The van der Waals surface area contributed by atoms with Crippen LogP contribution in [0.25, 0.3) is 0 Å². The van der Waals surface area contributed by atoms with Crippen LogP contribution in [-0.2, 0) is 14.3 Å². The summed E-state index contributed by atoms with van der Waals surface area (Å²) in [5.74, 6) is 0.0789. The largest absolute Gasteiger partial charge is 0.273 e. The van der Waals surface area contributed by atoms with Crippen LogP contribution in [0.5, 0.6) is 0 Å². The smallest absolute Gasteiger partial charge is 0.267 e. The SMILES string of the molecule is C=CCCCS(=O)(=O)OC. The summed E-state index contributed by atoms with van der Waals surface area (Å²) in [6.07, 6.45) is 2.98. The van der Waals surface area contributed by atoms with Gasteiger partial charge < -0.3 is 0 Å². The van der Waals surface area contributed by atoms with E-state index in [1.807, 2.05) is 0 Å². The van der Waals surface area contributed by atoms with Gasteiger partial charge in [0.25, 0.3) is 10.1 Å². The van der Waals surface area contributed by atoms with E-state index in [-0.39, 0.29) is 5.75 Å². The molecule has 60 valence electrons. The van der Waals surface area contributed by atoms with E-state index < -0.39 is 10.1 Å². The Balaban J connectivity index is 3.58. The van der Waals surface area contributed by atoms with Crippen LogP contribution >= 0.6 is 0 Å². The molecule has 0 aromatic heterocycles. The highest BCUT2D eigenvalue weighted by Crippen LogP contribution is 1.97. The summed E-state index contributed by atoms with van der Waals surface area (Å²) in [5.41, 5.74) is 0. The lowest BCUT2D eigenvalue weighted by molar-refractivity contribution is 0.397. The van der Waals surface area contributed by atoms with E-state index in [0.717, 1.165) is 0 Å². The molecule has 0 spiro atoms. The van der Waals surface area contributed by atoms with Crippen molar-refractivity contribution in [2.45, 2.75) is 12.8 Å². The first-order chi connectivity index (χ1) is 4.62. The average Bonchev–Trinajstić information content (AvgIpc) is 1.89. The van der Waals surface area contributed by atoms with Gasteiger partial charge in [-0.25, -0.2) is 0 Å². The van der Waals surface area contributed by atoms with Gasteiger partial charge in [0.2, 0.25) is 0 Å². The fraction of sp³-hybridized carbons (Fsp3) is 0.667. The normalized spacial score (nSPS) is 11.3. The van der Waals surface area contributed by atoms with E-state index in [9.17, 15) is 8.42 Å². The Hall–Kier alpha value is -0.350. The third kappa shape index (κ3) is 4.52. The lowest BCUT2D eigenvalue weighted by atomic mass is 10.3. The molecule has 0 aromatic carbocycles. The van der Waals surface area contributed by atoms with E-state index in [1.165, 1.54) is 7.11 Å². The Morgan fingerprint density at radius 1 is 1.60 bits per heavy atom. The van der Waals surface area contributed by atoms with Gasteiger partial charge in [0, 0.05) is 0 Å². The Morgan fingerprint density at radius 2 is 2.20 bits per heavy atom. The standard InChI is InChI=1S/C6H12O3S/c1-3-4-5-6-10(7,8)9-2/h3H,1,4-6H2,2H3. The van der Waals surface area contributed by atoms with Crippen molar-refractivity contribution in [3.8, 4) is 0 Å². The minimum atomic E-state index is -3.24. The molecule has 0 saturated carbocycles. The predicted octanol–water partition coefficient (Wildman–Crippen LogP) is 0.929. The maximum atomic E-state index is 10.6. The van der Waals surface area contributed by atoms with Crippen molar-refractivity contribution in [1.29, 1.82) is 0 Å². The second-order valence-corrected chi connectivity index (χ2v) is 3.72. The summed E-state index contributed by atoms with van der Waals surface area (Å²) in [5, 5.41) is 0. The molecule has 0 aromatic rings. The van der Waals surface area contributed by atoms with Crippen LogP contribution in [0.1, 0.15) is 12.8 Å². The summed E-state index contributed by atoms with van der Waals surface area (Å²) in [4.78, 5) is 0. The molecule has 0 aliphatic rings. The second-order valence-electron chi connectivity index (χ2n) is 1.86. The zero-order valence-corrected chi connectivity index (χ0v) is 6.86. The average molecular weight is 164 g/mol. The summed E-state index contributed by atoms with van der Waals surface area (Å²) in [7, 11) is -2.07. The van der Waals surface area contributed by atoms with Crippen molar-refractivity contribution >= 4 is 10.1 Å². The third-order valence-electron chi connectivity index (χ3n) is 1.06. The molecule has 0 aliphatic carbocycles. The van der Waals surface area contributed by atoms with Crippen molar-refractivity contribution in [3.63, 3.8) is 0 Å². The lowest BCUT2D eigenvalue weighted by Crippen LogP contribution is -2.06. The van der Waals surface area contributed by atoms with Crippen molar-refractivity contribution in [2.75, 3.05) is 12.9 Å². The fourth-order valence-corrected chi connectivity index (χ4v) is 1.17. The van der Waals surface area contributed by atoms with Crippen LogP contribution in [-0.4, -0.2) is 21.3 Å². The van der Waals surface area contributed by atoms with Crippen molar-refractivity contribution < 1.29 is 12.6 Å². The quantitative estimate of drug-likeness (QED) is 0.345. The van der Waals surface area contributed by atoms with E-state index in [2.05, 4.69) is 10.8 Å². The van der Waals surface area contributed by atoms with Crippen LogP contribution in [0, 0.1) is 0 Å². The van der Waals surface area contributed by atoms with E-state index in [0.29, 0.717) is 12.8 Å². The van der Waals surface area contributed by atoms with Gasteiger partial charge in [0.05, 0.1) is 12.9 Å². The molecule has 3 nitrogen and oxygen atoms in total. The monoisotopic (exact) mass is 164 g/mol. The number of rotatable bonds is 5. The van der Waals surface area contributed by atoms with Gasteiger partial charge in [-0.1, -0.05) is 6.08 Å². The highest BCUT2D eigenvalue weighted by atomic mass is 32.2. The molecule has 0 fully saturated rings. The molecule has 0 atom stereocenters. The van der Waals surface area contributed by atoms with Gasteiger partial charge in [-0.3, -0.25) is 4.18 Å². The molecule has 10 heavy (non-hydrogen) atoms. The molecule has 0 rings (SSSR count). The predicted molar refractivity (Wildman–Crippen MR) is 40.2 cm³/mol. The first-order valence-electron chi connectivity index (χ1n) is 3.01. The number of unbranched alkanes of at least 4 members (excludes halogenated alkanes) is 1. The molecule has 0 radical (unpaired) electrons. The second kappa shape index (κ2) is 4.46. The molecule has 0 bridgehead atoms. The molecule has 4 heteroatoms. The van der Waals surface area contributed by atoms with Crippen LogP contribution in [0.15, 0.2) is 12.7 Å². The first kappa shape index (κ1) is 9.65. The van der Waals surface area contributed by atoms with Gasteiger partial charge in [0.15, 0.2) is 0 Å².